The highest BCUT2D eigenvalue weighted by atomic mass is 16.1. The van der Waals surface area contributed by atoms with E-state index in [0.717, 1.165) is 56.2 Å². The summed E-state index contributed by atoms with van der Waals surface area (Å²) in [5, 5.41) is 12.1. The molecule has 1 aliphatic rings. The van der Waals surface area contributed by atoms with Crippen LogP contribution >= 0.6 is 0 Å². The van der Waals surface area contributed by atoms with Crippen molar-refractivity contribution in [2.45, 2.75) is 53.0 Å². The Morgan fingerprint density at radius 3 is 2.54 bits per heavy atom. The largest absolute Gasteiger partial charge is 0.351 e. The van der Waals surface area contributed by atoms with Crippen LogP contribution in [0.1, 0.15) is 59.6 Å². The molecule has 1 atom stereocenters. The molecule has 1 saturated heterocycles. The minimum absolute atomic E-state index is 0.171. The summed E-state index contributed by atoms with van der Waals surface area (Å²) in [7, 11) is 0. The SMILES string of the molecule is CCCCNC(=O)c1cnc(N2CCN(c3nnc(Cc4ccccc4)c(C)c3C)C[C@H]2C)cn1. The van der Waals surface area contributed by atoms with Gasteiger partial charge in [-0.3, -0.25) is 4.79 Å². The summed E-state index contributed by atoms with van der Waals surface area (Å²) in [6.07, 6.45) is 6.06. The molecule has 184 valence electrons. The first-order chi connectivity index (χ1) is 17.0. The number of anilines is 2. The van der Waals surface area contributed by atoms with Crippen molar-refractivity contribution in [2.75, 3.05) is 36.0 Å². The van der Waals surface area contributed by atoms with Crippen LogP contribution in [0.4, 0.5) is 11.6 Å². The summed E-state index contributed by atoms with van der Waals surface area (Å²) in [6.45, 7) is 11.6. The van der Waals surface area contributed by atoms with Crippen LogP contribution in [0.25, 0.3) is 0 Å². The van der Waals surface area contributed by atoms with Gasteiger partial charge < -0.3 is 15.1 Å². The summed E-state index contributed by atoms with van der Waals surface area (Å²) in [4.78, 5) is 25.7. The first kappa shape index (κ1) is 24.6. The standard InChI is InChI=1S/C27H35N7O/c1-5-6-12-28-27(35)24-16-30-25(17-29-24)34-14-13-33(18-19(34)2)26-21(4)20(3)23(31-32-26)15-22-10-8-7-9-11-22/h7-11,16-17,19H,5-6,12-15,18H2,1-4H3,(H,28,35)/t19-/m1/s1. The van der Waals surface area contributed by atoms with Crippen molar-refractivity contribution in [1.29, 1.82) is 0 Å². The molecule has 3 heterocycles. The smallest absolute Gasteiger partial charge is 0.271 e. The van der Waals surface area contributed by atoms with Crippen molar-refractivity contribution < 1.29 is 4.79 Å². The number of hydrogen-bond donors (Lipinski definition) is 1. The summed E-state index contributed by atoms with van der Waals surface area (Å²) in [5.41, 5.74) is 5.01. The van der Waals surface area contributed by atoms with Gasteiger partial charge in [0.1, 0.15) is 11.5 Å². The highest BCUT2D eigenvalue weighted by molar-refractivity contribution is 5.92. The molecule has 3 aromatic rings. The minimum atomic E-state index is -0.171. The predicted octanol–water partition coefficient (Wildman–Crippen LogP) is 3.72. The molecular formula is C27H35N7O. The number of nitrogens with zero attached hydrogens (tertiary/aromatic N) is 6. The summed E-state index contributed by atoms with van der Waals surface area (Å²) < 4.78 is 0. The molecule has 4 rings (SSSR count). The van der Waals surface area contributed by atoms with E-state index in [2.05, 4.69) is 87.2 Å². The van der Waals surface area contributed by atoms with Crippen molar-refractivity contribution in [3.8, 4) is 0 Å². The predicted molar refractivity (Wildman–Crippen MR) is 139 cm³/mol. The molecule has 0 spiro atoms. The fourth-order valence-corrected chi connectivity index (χ4v) is 4.45. The molecule has 0 saturated carbocycles. The number of amides is 1. The molecule has 0 radical (unpaired) electrons. The van der Waals surface area contributed by atoms with E-state index in [9.17, 15) is 4.79 Å². The van der Waals surface area contributed by atoms with Crippen LogP contribution in [0.5, 0.6) is 0 Å². The second-order valence-electron chi connectivity index (χ2n) is 9.24. The second-order valence-corrected chi connectivity index (χ2v) is 9.24. The van der Waals surface area contributed by atoms with E-state index in [4.69, 9.17) is 0 Å². The fraction of sp³-hybridized carbons (Fsp3) is 0.444. The van der Waals surface area contributed by atoms with E-state index in [1.54, 1.807) is 12.4 Å². The van der Waals surface area contributed by atoms with Crippen molar-refractivity contribution >= 4 is 17.5 Å². The van der Waals surface area contributed by atoms with Gasteiger partial charge in [-0.25, -0.2) is 9.97 Å². The average Bonchev–Trinajstić information content (AvgIpc) is 2.88. The molecular weight excluding hydrogens is 438 g/mol. The zero-order valence-electron chi connectivity index (χ0n) is 21.2. The van der Waals surface area contributed by atoms with Crippen molar-refractivity contribution in [1.82, 2.24) is 25.5 Å². The number of aromatic nitrogens is 4. The van der Waals surface area contributed by atoms with Gasteiger partial charge in [-0.15, -0.1) is 5.10 Å². The van der Waals surface area contributed by atoms with Crippen LogP contribution in [-0.4, -0.2) is 58.3 Å². The Bertz CT molecular complexity index is 1130. The van der Waals surface area contributed by atoms with Crippen LogP contribution < -0.4 is 15.1 Å². The summed E-state index contributed by atoms with van der Waals surface area (Å²) in [6, 6.07) is 10.6. The number of carbonyl (C=O) groups is 1. The van der Waals surface area contributed by atoms with Gasteiger partial charge >= 0.3 is 0 Å². The number of carbonyl (C=O) groups excluding carboxylic acids is 1. The van der Waals surface area contributed by atoms with E-state index in [1.165, 1.54) is 16.7 Å². The van der Waals surface area contributed by atoms with E-state index < -0.39 is 0 Å². The first-order valence-corrected chi connectivity index (χ1v) is 12.5. The van der Waals surface area contributed by atoms with Gasteiger partial charge in [0, 0.05) is 38.6 Å². The molecule has 1 N–H and O–H groups in total. The molecule has 1 amide bonds. The van der Waals surface area contributed by atoms with Crippen molar-refractivity contribution in [3.63, 3.8) is 0 Å². The summed E-state index contributed by atoms with van der Waals surface area (Å²) >= 11 is 0. The van der Waals surface area contributed by atoms with Crippen molar-refractivity contribution in [3.05, 3.63) is 70.8 Å². The monoisotopic (exact) mass is 473 g/mol. The normalized spacial score (nSPS) is 15.8. The maximum Gasteiger partial charge on any atom is 0.271 e. The third kappa shape index (κ3) is 5.75. The molecule has 0 bridgehead atoms. The number of benzene rings is 1. The molecule has 8 heteroatoms. The van der Waals surface area contributed by atoms with Crippen molar-refractivity contribution in [2.24, 2.45) is 0 Å². The second kappa shape index (κ2) is 11.3. The van der Waals surface area contributed by atoms with Gasteiger partial charge in [-0.1, -0.05) is 43.7 Å². The molecule has 1 fully saturated rings. The minimum Gasteiger partial charge on any atom is -0.351 e. The third-order valence-corrected chi connectivity index (χ3v) is 6.72. The van der Waals surface area contributed by atoms with E-state index in [0.29, 0.717) is 12.2 Å². The Morgan fingerprint density at radius 2 is 1.86 bits per heavy atom. The molecule has 1 aliphatic heterocycles. The number of piperazine rings is 1. The van der Waals surface area contributed by atoms with E-state index in [-0.39, 0.29) is 11.9 Å². The summed E-state index contributed by atoms with van der Waals surface area (Å²) in [5.74, 6) is 1.57. The lowest BCUT2D eigenvalue weighted by atomic mass is 10.0. The Hall–Kier alpha value is -3.55. The van der Waals surface area contributed by atoms with Gasteiger partial charge in [0.25, 0.3) is 5.91 Å². The molecule has 2 aromatic heterocycles. The van der Waals surface area contributed by atoms with Gasteiger partial charge in [-0.2, -0.15) is 5.10 Å². The van der Waals surface area contributed by atoms with Crippen LogP contribution in [0.3, 0.4) is 0 Å². The molecule has 1 aromatic carbocycles. The molecule has 0 unspecified atom stereocenters. The van der Waals surface area contributed by atoms with Crippen LogP contribution in [0.2, 0.25) is 0 Å². The van der Waals surface area contributed by atoms with Gasteiger partial charge in [0.15, 0.2) is 5.82 Å². The van der Waals surface area contributed by atoms with Crippen LogP contribution in [-0.2, 0) is 6.42 Å². The number of nitrogens with one attached hydrogen (secondary N) is 1. The van der Waals surface area contributed by atoms with Crippen LogP contribution in [0, 0.1) is 13.8 Å². The highest BCUT2D eigenvalue weighted by Gasteiger charge is 2.27. The third-order valence-electron chi connectivity index (χ3n) is 6.72. The quantitative estimate of drug-likeness (QED) is 0.499. The topological polar surface area (TPSA) is 87.1 Å². The Balaban J connectivity index is 1.41. The lowest BCUT2D eigenvalue weighted by molar-refractivity contribution is 0.0948. The fourth-order valence-electron chi connectivity index (χ4n) is 4.45. The number of unbranched alkanes of at least 4 members (excludes halogenated alkanes) is 1. The molecule has 35 heavy (non-hydrogen) atoms. The maximum atomic E-state index is 12.2. The lowest BCUT2D eigenvalue weighted by Gasteiger charge is -2.41. The Kier molecular flexibility index (Phi) is 7.90. The van der Waals surface area contributed by atoms with Gasteiger partial charge in [0.05, 0.1) is 18.1 Å². The zero-order chi connectivity index (χ0) is 24.8. The van der Waals surface area contributed by atoms with Crippen LogP contribution in [0.15, 0.2) is 42.7 Å². The zero-order valence-corrected chi connectivity index (χ0v) is 21.2. The van der Waals surface area contributed by atoms with Gasteiger partial charge in [0.2, 0.25) is 0 Å². The molecule has 8 nitrogen and oxygen atoms in total. The van der Waals surface area contributed by atoms with E-state index in [1.807, 2.05) is 6.07 Å². The first-order valence-electron chi connectivity index (χ1n) is 12.5. The van der Waals surface area contributed by atoms with E-state index >= 15 is 0 Å². The number of rotatable bonds is 8. The Morgan fingerprint density at radius 1 is 1.06 bits per heavy atom. The average molecular weight is 474 g/mol. The Labute approximate surface area is 207 Å². The lowest BCUT2D eigenvalue weighted by Crippen LogP contribution is -2.53. The maximum absolute atomic E-state index is 12.2. The molecule has 0 aliphatic carbocycles. The van der Waals surface area contributed by atoms with Gasteiger partial charge in [-0.05, 0) is 43.9 Å². The highest BCUT2D eigenvalue weighted by Crippen LogP contribution is 2.26. The number of hydrogen-bond acceptors (Lipinski definition) is 7.